The lowest BCUT2D eigenvalue weighted by atomic mass is 10.1. The fourth-order valence-electron chi connectivity index (χ4n) is 3.10. The molecule has 3 aromatic rings. The Morgan fingerprint density at radius 3 is 1.91 bits per heavy atom. The molecule has 0 spiro atoms. The summed E-state index contributed by atoms with van der Waals surface area (Å²) in [5, 5.41) is 0. The van der Waals surface area contributed by atoms with E-state index in [0.29, 0.717) is 23.6 Å². The number of ether oxygens (including phenoxy) is 1. The average Bonchev–Trinajstić information content (AvgIpc) is 2.72. The highest BCUT2D eigenvalue weighted by molar-refractivity contribution is 7.93. The van der Waals surface area contributed by atoms with Gasteiger partial charge in [-0.05, 0) is 81.3 Å². The summed E-state index contributed by atoms with van der Waals surface area (Å²) < 4.78 is 61.9. The van der Waals surface area contributed by atoms with Gasteiger partial charge in [0.2, 0.25) is 0 Å². The van der Waals surface area contributed by atoms with Crippen LogP contribution in [0.25, 0.3) is 0 Å². The number of benzene rings is 3. The van der Waals surface area contributed by atoms with Gasteiger partial charge >= 0.3 is 0 Å². The molecule has 0 atom stereocenters. The van der Waals surface area contributed by atoms with Crippen LogP contribution in [0.2, 0.25) is 0 Å². The molecule has 3 rings (SSSR count). The molecule has 7 nitrogen and oxygen atoms in total. The summed E-state index contributed by atoms with van der Waals surface area (Å²) in [7, 11) is -7.84. The molecule has 0 unspecified atom stereocenters. The second-order valence-corrected chi connectivity index (χ2v) is 10.8. The number of aryl methyl sites for hydroxylation is 3. The van der Waals surface area contributed by atoms with Gasteiger partial charge in [0.05, 0.1) is 27.8 Å². The molecule has 0 radical (unpaired) electrons. The second-order valence-electron chi connectivity index (χ2n) is 7.41. The second kappa shape index (κ2) is 9.22. The standard InChI is InChI=1S/C23H26N2O5S2/c1-5-30-19-8-11-20(12-9-19)31(26,27)25-23-15-21(10-7-17(23)3)32(28,29)24-22-13-6-16(2)14-18(22)4/h6-15,24-25H,5H2,1-4H3. The molecule has 9 heteroatoms. The Morgan fingerprint density at radius 1 is 0.688 bits per heavy atom. The molecular weight excluding hydrogens is 448 g/mol. The minimum absolute atomic E-state index is 0.0435. The van der Waals surface area contributed by atoms with Crippen LogP contribution in [-0.4, -0.2) is 23.4 Å². The summed E-state index contributed by atoms with van der Waals surface area (Å²) in [5.74, 6) is 0.563. The highest BCUT2D eigenvalue weighted by atomic mass is 32.2. The molecular formula is C23H26N2O5S2. The van der Waals surface area contributed by atoms with Crippen LogP contribution >= 0.6 is 0 Å². The van der Waals surface area contributed by atoms with Crippen LogP contribution in [0.15, 0.2) is 70.5 Å². The van der Waals surface area contributed by atoms with E-state index in [-0.39, 0.29) is 15.5 Å². The predicted molar refractivity (Wildman–Crippen MR) is 126 cm³/mol. The number of sulfonamides is 2. The fourth-order valence-corrected chi connectivity index (χ4v) is 5.37. The van der Waals surface area contributed by atoms with Crippen molar-refractivity contribution in [1.29, 1.82) is 0 Å². The molecule has 0 bridgehead atoms. The Hall–Kier alpha value is -3.04. The van der Waals surface area contributed by atoms with Crippen LogP contribution in [0.4, 0.5) is 11.4 Å². The molecule has 0 aliphatic rings. The van der Waals surface area contributed by atoms with Crippen molar-refractivity contribution in [2.24, 2.45) is 0 Å². The smallest absolute Gasteiger partial charge is 0.261 e. The Balaban J connectivity index is 1.89. The monoisotopic (exact) mass is 474 g/mol. The van der Waals surface area contributed by atoms with E-state index < -0.39 is 20.0 Å². The van der Waals surface area contributed by atoms with Crippen molar-refractivity contribution in [3.8, 4) is 5.75 Å². The molecule has 0 aliphatic carbocycles. The van der Waals surface area contributed by atoms with E-state index in [9.17, 15) is 16.8 Å². The van der Waals surface area contributed by atoms with E-state index in [1.165, 1.54) is 24.3 Å². The minimum atomic E-state index is -3.92. The van der Waals surface area contributed by atoms with Crippen molar-refractivity contribution in [2.75, 3.05) is 16.1 Å². The van der Waals surface area contributed by atoms with Gasteiger partial charge in [-0.25, -0.2) is 16.8 Å². The van der Waals surface area contributed by atoms with Gasteiger partial charge in [-0.15, -0.1) is 0 Å². The van der Waals surface area contributed by atoms with E-state index in [0.717, 1.165) is 11.1 Å². The van der Waals surface area contributed by atoms with Crippen LogP contribution in [-0.2, 0) is 20.0 Å². The SMILES string of the molecule is CCOc1ccc(S(=O)(=O)Nc2cc(S(=O)(=O)Nc3ccc(C)cc3C)ccc2C)cc1. The van der Waals surface area contributed by atoms with Gasteiger partial charge < -0.3 is 4.74 Å². The third-order valence-corrected chi connectivity index (χ3v) is 7.58. The third-order valence-electron chi connectivity index (χ3n) is 4.83. The minimum Gasteiger partial charge on any atom is -0.494 e. The topological polar surface area (TPSA) is 102 Å². The summed E-state index contributed by atoms with van der Waals surface area (Å²) in [6.07, 6.45) is 0. The summed E-state index contributed by atoms with van der Waals surface area (Å²) >= 11 is 0. The fraction of sp³-hybridized carbons (Fsp3) is 0.217. The van der Waals surface area contributed by atoms with Crippen molar-refractivity contribution >= 4 is 31.4 Å². The number of nitrogens with one attached hydrogen (secondary N) is 2. The van der Waals surface area contributed by atoms with E-state index in [1.807, 2.05) is 32.9 Å². The molecule has 2 N–H and O–H groups in total. The summed E-state index contributed by atoms with van der Waals surface area (Å²) in [6.45, 7) is 7.75. The third kappa shape index (κ3) is 5.41. The quantitative estimate of drug-likeness (QED) is 0.496. The molecule has 0 amide bonds. The number of rotatable bonds is 8. The van der Waals surface area contributed by atoms with E-state index >= 15 is 0 Å². The first kappa shape index (κ1) is 23.6. The maximum Gasteiger partial charge on any atom is 0.261 e. The van der Waals surface area contributed by atoms with Gasteiger partial charge in [0.15, 0.2) is 0 Å². The van der Waals surface area contributed by atoms with Crippen LogP contribution in [0.1, 0.15) is 23.6 Å². The Bertz CT molecular complexity index is 1330. The molecule has 32 heavy (non-hydrogen) atoms. The number of hydrogen-bond acceptors (Lipinski definition) is 5. The molecule has 0 saturated heterocycles. The van der Waals surface area contributed by atoms with Crippen LogP contribution in [0, 0.1) is 20.8 Å². The van der Waals surface area contributed by atoms with E-state index in [1.54, 1.807) is 31.2 Å². The van der Waals surface area contributed by atoms with E-state index in [2.05, 4.69) is 9.44 Å². The summed E-state index contributed by atoms with van der Waals surface area (Å²) in [4.78, 5) is -0.00510. The molecule has 170 valence electrons. The van der Waals surface area contributed by atoms with Crippen LogP contribution < -0.4 is 14.2 Å². The van der Waals surface area contributed by atoms with Crippen LogP contribution in [0.5, 0.6) is 5.75 Å². The molecule has 0 saturated carbocycles. The van der Waals surface area contributed by atoms with Crippen LogP contribution in [0.3, 0.4) is 0 Å². The molecule has 0 fully saturated rings. The maximum atomic E-state index is 12.9. The lowest BCUT2D eigenvalue weighted by Gasteiger charge is -2.15. The molecule has 0 aromatic heterocycles. The normalized spacial score (nSPS) is 11.8. The van der Waals surface area contributed by atoms with Gasteiger partial charge in [-0.3, -0.25) is 9.44 Å². The Labute approximate surface area is 189 Å². The van der Waals surface area contributed by atoms with Gasteiger partial charge in [-0.2, -0.15) is 0 Å². The highest BCUT2D eigenvalue weighted by Crippen LogP contribution is 2.26. The van der Waals surface area contributed by atoms with Crippen molar-refractivity contribution in [3.05, 3.63) is 77.4 Å². The van der Waals surface area contributed by atoms with Gasteiger partial charge in [0.25, 0.3) is 20.0 Å². The average molecular weight is 475 g/mol. The first-order valence-corrected chi connectivity index (χ1v) is 12.9. The largest absolute Gasteiger partial charge is 0.494 e. The van der Waals surface area contributed by atoms with Crippen molar-refractivity contribution < 1.29 is 21.6 Å². The van der Waals surface area contributed by atoms with Gasteiger partial charge in [-0.1, -0.05) is 23.8 Å². The molecule has 0 aliphatic heterocycles. The highest BCUT2D eigenvalue weighted by Gasteiger charge is 2.20. The summed E-state index contributed by atoms with van der Waals surface area (Å²) in [6, 6.07) is 15.7. The zero-order valence-electron chi connectivity index (χ0n) is 18.3. The first-order chi connectivity index (χ1) is 15.0. The zero-order valence-corrected chi connectivity index (χ0v) is 20.0. The first-order valence-electron chi connectivity index (χ1n) is 9.98. The molecule has 3 aromatic carbocycles. The lowest BCUT2D eigenvalue weighted by Crippen LogP contribution is -2.16. The molecule has 0 heterocycles. The Morgan fingerprint density at radius 2 is 1.28 bits per heavy atom. The predicted octanol–water partition coefficient (Wildman–Crippen LogP) is 4.61. The Kier molecular flexibility index (Phi) is 6.80. The number of hydrogen-bond donors (Lipinski definition) is 2. The lowest BCUT2D eigenvalue weighted by molar-refractivity contribution is 0.340. The van der Waals surface area contributed by atoms with Crippen molar-refractivity contribution in [2.45, 2.75) is 37.5 Å². The zero-order chi connectivity index (χ0) is 23.5. The van der Waals surface area contributed by atoms with Crippen molar-refractivity contribution in [3.63, 3.8) is 0 Å². The summed E-state index contributed by atoms with van der Waals surface area (Å²) in [5.41, 5.74) is 3.05. The van der Waals surface area contributed by atoms with Gasteiger partial charge in [0, 0.05) is 0 Å². The van der Waals surface area contributed by atoms with Crippen molar-refractivity contribution in [1.82, 2.24) is 0 Å². The number of anilines is 2. The van der Waals surface area contributed by atoms with Gasteiger partial charge in [0.1, 0.15) is 5.75 Å². The maximum absolute atomic E-state index is 12.9. The van der Waals surface area contributed by atoms with E-state index in [4.69, 9.17) is 4.74 Å².